The van der Waals surface area contributed by atoms with Crippen molar-refractivity contribution in [2.24, 2.45) is 0 Å². The van der Waals surface area contributed by atoms with Crippen LogP contribution in [0.5, 0.6) is 0 Å². The number of carbonyl (C=O) groups is 3. The number of para-hydroxylation sites is 2. The van der Waals surface area contributed by atoms with Crippen LogP contribution in [0.3, 0.4) is 0 Å². The van der Waals surface area contributed by atoms with Crippen molar-refractivity contribution in [2.45, 2.75) is 44.7 Å². The number of fused-ring (bicyclic) bond motifs is 1. The van der Waals surface area contributed by atoms with Crippen LogP contribution < -0.4 is 15.5 Å². The molecule has 1 aliphatic carbocycles. The highest BCUT2D eigenvalue weighted by Gasteiger charge is 2.52. The van der Waals surface area contributed by atoms with E-state index in [0.29, 0.717) is 31.6 Å². The average Bonchev–Trinajstić information content (AvgIpc) is 3.45. The van der Waals surface area contributed by atoms with Crippen molar-refractivity contribution in [3.63, 3.8) is 0 Å². The maximum absolute atomic E-state index is 13.5. The third-order valence-electron chi connectivity index (χ3n) is 6.14. The van der Waals surface area contributed by atoms with E-state index in [1.807, 2.05) is 53.6 Å². The molecule has 0 radical (unpaired) electrons. The zero-order chi connectivity index (χ0) is 21.8. The van der Waals surface area contributed by atoms with E-state index in [2.05, 4.69) is 10.6 Å². The van der Waals surface area contributed by atoms with Gasteiger partial charge in [-0.2, -0.15) is 0 Å². The summed E-state index contributed by atoms with van der Waals surface area (Å²) in [6.45, 7) is 3.22. The number of carbonyl (C=O) groups excluding carboxylic acids is 3. The maximum Gasteiger partial charge on any atom is 0.250 e. The van der Waals surface area contributed by atoms with E-state index < -0.39 is 5.54 Å². The van der Waals surface area contributed by atoms with Crippen LogP contribution in [-0.2, 0) is 20.9 Å². The molecule has 1 spiro atoms. The van der Waals surface area contributed by atoms with Gasteiger partial charge in [-0.3, -0.25) is 24.2 Å². The van der Waals surface area contributed by atoms with Gasteiger partial charge in [0.2, 0.25) is 11.8 Å². The Bertz CT molecular complexity index is 953. The normalized spacial score (nSPS) is 17.0. The van der Waals surface area contributed by atoms with Crippen molar-refractivity contribution in [1.29, 1.82) is 0 Å². The molecule has 1 aromatic carbocycles. The zero-order valence-electron chi connectivity index (χ0n) is 17.7. The predicted molar refractivity (Wildman–Crippen MR) is 122 cm³/mol. The Labute approximate surface area is 186 Å². The van der Waals surface area contributed by atoms with E-state index in [9.17, 15) is 14.4 Å². The summed E-state index contributed by atoms with van der Waals surface area (Å²) in [6, 6.07) is 11.4. The molecule has 31 heavy (non-hydrogen) atoms. The molecule has 0 saturated heterocycles. The first-order valence-corrected chi connectivity index (χ1v) is 11.7. The lowest BCUT2D eigenvalue weighted by molar-refractivity contribution is -0.129. The molecule has 0 bridgehead atoms. The second-order valence-corrected chi connectivity index (χ2v) is 9.13. The third-order valence-corrected chi connectivity index (χ3v) is 7.01. The standard InChI is InChI=1S/C23H28N4O3S/c1-2-26(15-20(28)24-14-17-8-7-13-31-17)16-21(29)27-19-10-4-3-9-18(19)25-22(30)23(27)11-5-6-12-23/h3-4,7-10,13H,2,5-6,11-12,14-16H2,1H3,(H,24,28)(H,25,30). The van der Waals surface area contributed by atoms with Crippen LogP contribution in [0.15, 0.2) is 41.8 Å². The minimum Gasteiger partial charge on any atom is -0.350 e. The average molecular weight is 441 g/mol. The van der Waals surface area contributed by atoms with E-state index in [-0.39, 0.29) is 30.8 Å². The lowest BCUT2D eigenvalue weighted by atomic mass is 9.89. The lowest BCUT2D eigenvalue weighted by Gasteiger charge is -2.45. The number of nitrogens with zero attached hydrogens (tertiary/aromatic N) is 2. The number of hydrogen-bond donors (Lipinski definition) is 2. The van der Waals surface area contributed by atoms with E-state index in [1.54, 1.807) is 16.2 Å². The van der Waals surface area contributed by atoms with E-state index in [1.165, 1.54) is 0 Å². The molecule has 8 heteroatoms. The summed E-state index contributed by atoms with van der Waals surface area (Å²) < 4.78 is 0. The quantitative estimate of drug-likeness (QED) is 0.694. The highest BCUT2D eigenvalue weighted by atomic mass is 32.1. The number of benzene rings is 1. The topological polar surface area (TPSA) is 81.8 Å². The summed E-state index contributed by atoms with van der Waals surface area (Å²) in [5.41, 5.74) is 0.578. The Balaban J connectivity index is 1.48. The molecule has 164 valence electrons. The second kappa shape index (κ2) is 9.20. The highest BCUT2D eigenvalue weighted by molar-refractivity contribution is 7.09. The highest BCUT2D eigenvalue weighted by Crippen LogP contribution is 2.45. The fourth-order valence-electron chi connectivity index (χ4n) is 4.53. The molecule has 2 aromatic rings. The van der Waals surface area contributed by atoms with Gasteiger partial charge < -0.3 is 10.6 Å². The summed E-state index contributed by atoms with van der Waals surface area (Å²) >= 11 is 1.60. The van der Waals surface area contributed by atoms with Crippen LogP contribution in [0.2, 0.25) is 0 Å². The molecule has 4 rings (SSSR count). The molecule has 1 fully saturated rings. The first kappa shape index (κ1) is 21.5. The largest absolute Gasteiger partial charge is 0.350 e. The molecule has 0 unspecified atom stereocenters. The fraction of sp³-hybridized carbons (Fsp3) is 0.435. The van der Waals surface area contributed by atoms with Crippen molar-refractivity contribution in [3.8, 4) is 0 Å². The molecule has 2 N–H and O–H groups in total. The molecule has 1 aliphatic heterocycles. The van der Waals surface area contributed by atoms with Gasteiger partial charge in [-0.05, 0) is 43.0 Å². The van der Waals surface area contributed by atoms with Crippen LogP contribution in [0.1, 0.15) is 37.5 Å². The van der Waals surface area contributed by atoms with Gasteiger partial charge in [0.05, 0.1) is 31.0 Å². The van der Waals surface area contributed by atoms with Gasteiger partial charge in [0, 0.05) is 4.88 Å². The minimum absolute atomic E-state index is 0.0896. The summed E-state index contributed by atoms with van der Waals surface area (Å²) in [5, 5.41) is 7.89. The van der Waals surface area contributed by atoms with Gasteiger partial charge in [0.15, 0.2) is 0 Å². The zero-order valence-corrected chi connectivity index (χ0v) is 18.5. The minimum atomic E-state index is -0.827. The molecule has 7 nitrogen and oxygen atoms in total. The monoisotopic (exact) mass is 440 g/mol. The third kappa shape index (κ3) is 4.36. The van der Waals surface area contributed by atoms with Gasteiger partial charge in [-0.1, -0.05) is 38.0 Å². The van der Waals surface area contributed by atoms with Crippen LogP contribution in [0.4, 0.5) is 11.4 Å². The number of amides is 3. The molecule has 1 aromatic heterocycles. The molecule has 1 saturated carbocycles. The lowest BCUT2D eigenvalue weighted by Crippen LogP contribution is -2.62. The fourth-order valence-corrected chi connectivity index (χ4v) is 5.17. The van der Waals surface area contributed by atoms with Crippen molar-refractivity contribution < 1.29 is 14.4 Å². The predicted octanol–water partition coefficient (Wildman–Crippen LogP) is 2.98. The number of anilines is 2. The first-order valence-electron chi connectivity index (χ1n) is 10.8. The van der Waals surface area contributed by atoms with Gasteiger partial charge in [0.25, 0.3) is 5.91 Å². The molecular formula is C23H28N4O3S. The number of rotatable bonds is 7. The number of hydrogen-bond acceptors (Lipinski definition) is 5. The number of nitrogens with one attached hydrogen (secondary N) is 2. The van der Waals surface area contributed by atoms with Gasteiger partial charge >= 0.3 is 0 Å². The van der Waals surface area contributed by atoms with Crippen LogP contribution in [0.25, 0.3) is 0 Å². The van der Waals surface area contributed by atoms with Crippen molar-refractivity contribution in [1.82, 2.24) is 10.2 Å². The molecule has 2 aliphatic rings. The maximum atomic E-state index is 13.5. The smallest absolute Gasteiger partial charge is 0.250 e. The van der Waals surface area contributed by atoms with Crippen molar-refractivity contribution in [2.75, 3.05) is 29.9 Å². The van der Waals surface area contributed by atoms with Crippen LogP contribution in [0, 0.1) is 0 Å². The Morgan fingerprint density at radius 2 is 1.94 bits per heavy atom. The second-order valence-electron chi connectivity index (χ2n) is 8.10. The van der Waals surface area contributed by atoms with Crippen LogP contribution >= 0.6 is 11.3 Å². The van der Waals surface area contributed by atoms with E-state index in [0.717, 1.165) is 23.4 Å². The summed E-state index contributed by atoms with van der Waals surface area (Å²) in [6.07, 6.45) is 3.16. The summed E-state index contributed by atoms with van der Waals surface area (Å²) in [4.78, 5) is 43.6. The molecule has 2 heterocycles. The molecule has 3 amide bonds. The first-order chi connectivity index (χ1) is 15.0. The Kier molecular flexibility index (Phi) is 6.38. The van der Waals surface area contributed by atoms with Gasteiger partial charge in [-0.25, -0.2) is 0 Å². The molecular weight excluding hydrogens is 412 g/mol. The van der Waals surface area contributed by atoms with E-state index in [4.69, 9.17) is 0 Å². The number of thiophene rings is 1. The summed E-state index contributed by atoms with van der Waals surface area (Å²) in [5.74, 6) is -0.360. The Morgan fingerprint density at radius 1 is 1.16 bits per heavy atom. The van der Waals surface area contributed by atoms with Crippen LogP contribution in [-0.4, -0.2) is 47.8 Å². The molecule has 0 atom stereocenters. The van der Waals surface area contributed by atoms with Gasteiger partial charge in [0.1, 0.15) is 5.54 Å². The van der Waals surface area contributed by atoms with Gasteiger partial charge in [-0.15, -0.1) is 11.3 Å². The van der Waals surface area contributed by atoms with Crippen molar-refractivity contribution in [3.05, 3.63) is 46.7 Å². The summed E-state index contributed by atoms with van der Waals surface area (Å²) in [7, 11) is 0. The van der Waals surface area contributed by atoms with Crippen molar-refractivity contribution >= 4 is 40.4 Å². The Morgan fingerprint density at radius 3 is 2.65 bits per heavy atom. The SMILES string of the molecule is CCN(CC(=O)NCc1cccs1)CC(=O)N1c2ccccc2NC(=O)C12CCCC2. The van der Waals surface area contributed by atoms with E-state index >= 15 is 0 Å². The number of likely N-dealkylation sites (N-methyl/N-ethyl adjacent to an activating group) is 1. The Hall–Kier alpha value is -2.71.